The maximum Gasteiger partial charge on any atom is 0.280 e. The van der Waals surface area contributed by atoms with Crippen LogP contribution in [-0.4, -0.2) is 27.1 Å². The second kappa shape index (κ2) is 7.96. The molecule has 138 valence electrons. The topological polar surface area (TPSA) is 98.5 Å². The minimum Gasteiger partial charge on any atom is -0.372 e. The van der Waals surface area contributed by atoms with E-state index in [1.54, 1.807) is 30.3 Å². The average molecular weight is 386 g/mol. The lowest BCUT2D eigenvalue weighted by molar-refractivity contribution is -0.110. The van der Waals surface area contributed by atoms with Gasteiger partial charge in [-0.15, -0.1) is 5.10 Å². The molecule has 0 atom stereocenters. The van der Waals surface area contributed by atoms with Crippen LogP contribution in [-0.2, 0) is 16.4 Å². The minimum atomic E-state index is -0.513. The number of carbonyl (C=O) groups excluding carboxylic acids is 1. The number of carbonyl (C=O) groups is 1. The summed E-state index contributed by atoms with van der Waals surface area (Å²) in [5.74, 6) is -0.513. The Morgan fingerprint density at radius 2 is 2.11 bits per heavy atom. The van der Waals surface area contributed by atoms with E-state index in [1.165, 1.54) is 0 Å². The molecule has 0 unspecified atom stereocenters. The zero-order valence-corrected chi connectivity index (χ0v) is 15.4. The van der Waals surface area contributed by atoms with Gasteiger partial charge in [-0.25, -0.2) is 0 Å². The first-order valence-corrected chi connectivity index (χ1v) is 8.39. The van der Waals surface area contributed by atoms with Crippen molar-refractivity contribution in [1.82, 2.24) is 15.0 Å². The van der Waals surface area contributed by atoms with Crippen molar-refractivity contribution in [3.8, 4) is 0 Å². The lowest BCUT2D eigenvalue weighted by Crippen LogP contribution is -2.25. The van der Waals surface area contributed by atoms with E-state index in [0.29, 0.717) is 21.6 Å². The Hall–Kier alpha value is -3.26. The van der Waals surface area contributed by atoms with Crippen LogP contribution in [0, 0.1) is 13.8 Å². The molecule has 1 amide bonds. The second-order valence-electron chi connectivity index (χ2n) is 5.83. The molecule has 1 N–H and O–H groups in total. The van der Waals surface area contributed by atoms with Gasteiger partial charge in [-0.2, -0.15) is 4.68 Å². The number of nitrogens with zero attached hydrogens (tertiary/aromatic N) is 4. The van der Waals surface area contributed by atoms with Gasteiger partial charge in [-0.1, -0.05) is 40.2 Å². The highest BCUT2D eigenvalue weighted by molar-refractivity contribution is 6.37. The third kappa shape index (κ3) is 4.29. The average Bonchev–Trinajstić information content (AvgIpc) is 2.63. The van der Waals surface area contributed by atoms with Gasteiger partial charge in [0.25, 0.3) is 11.5 Å². The zero-order chi connectivity index (χ0) is 19.4. The van der Waals surface area contributed by atoms with Crippen molar-refractivity contribution in [3.63, 3.8) is 0 Å². The second-order valence-corrected chi connectivity index (χ2v) is 6.24. The van der Waals surface area contributed by atoms with Gasteiger partial charge < -0.3 is 10.2 Å². The number of amides is 1. The number of rotatable bonds is 5. The van der Waals surface area contributed by atoms with Gasteiger partial charge in [-0.3, -0.25) is 9.59 Å². The normalized spacial score (nSPS) is 11.1. The van der Waals surface area contributed by atoms with Gasteiger partial charge in [-0.05, 0) is 43.2 Å². The summed E-state index contributed by atoms with van der Waals surface area (Å²) < 4.78 is 1.01. The fraction of sp³-hybridized carbons (Fsp3) is 0.167. The van der Waals surface area contributed by atoms with Crippen molar-refractivity contribution >= 4 is 40.3 Å². The molecule has 1 heterocycles. The number of benzene rings is 2. The molecule has 0 saturated carbocycles. The fourth-order valence-corrected chi connectivity index (χ4v) is 2.88. The molecule has 2 aromatic carbocycles. The monoisotopic (exact) mass is 385 g/mol. The van der Waals surface area contributed by atoms with E-state index in [-0.39, 0.29) is 12.3 Å². The standard InChI is InChI=1S/C18H16ClN5O3/c1-11-7-12(2)17(14(19)8-11)21-16(25)9-20-27-10-24-18(26)13-5-3-4-6-15(13)22-23-24/h3-9H,10H2,1-2H3,(H,21,25)/b20-9-. The molecule has 0 aliphatic carbocycles. The van der Waals surface area contributed by atoms with Crippen molar-refractivity contribution in [2.24, 2.45) is 5.16 Å². The number of aromatic nitrogens is 3. The Balaban J connectivity index is 1.62. The summed E-state index contributed by atoms with van der Waals surface area (Å²) in [4.78, 5) is 29.2. The predicted molar refractivity (Wildman–Crippen MR) is 103 cm³/mol. The number of hydrogen-bond donors (Lipinski definition) is 1. The van der Waals surface area contributed by atoms with Gasteiger partial charge in [0.05, 0.1) is 16.1 Å². The summed E-state index contributed by atoms with van der Waals surface area (Å²) in [6, 6.07) is 10.5. The van der Waals surface area contributed by atoms with Crippen LogP contribution in [0.4, 0.5) is 5.69 Å². The summed E-state index contributed by atoms with van der Waals surface area (Å²) in [5, 5.41) is 14.7. The smallest absolute Gasteiger partial charge is 0.280 e. The van der Waals surface area contributed by atoms with Gasteiger partial charge in [0.2, 0.25) is 6.73 Å². The Labute approximate surface area is 159 Å². The molecule has 27 heavy (non-hydrogen) atoms. The summed E-state index contributed by atoms with van der Waals surface area (Å²) in [6.45, 7) is 3.48. The molecule has 0 spiro atoms. The Morgan fingerprint density at radius 1 is 1.33 bits per heavy atom. The van der Waals surface area contributed by atoms with Gasteiger partial charge >= 0.3 is 0 Å². The van der Waals surface area contributed by atoms with E-state index in [2.05, 4.69) is 20.8 Å². The van der Waals surface area contributed by atoms with Gasteiger partial charge in [0.15, 0.2) is 0 Å². The largest absolute Gasteiger partial charge is 0.372 e. The summed E-state index contributed by atoms with van der Waals surface area (Å²) >= 11 is 6.14. The summed E-state index contributed by atoms with van der Waals surface area (Å²) in [6.07, 6.45) is 0.954. The summed E-state index contributed by atoms with van der Waals surface area (Å²) in [7, 11) is 0. The fourth-order valence-electron chi connectivity index (χ4n) is 2.51. The molecular weight excluding hydrogens is 370 g/mol. The lowest BCUT2D eigenvalue weighted by atomic mass is 10.1. The van der Waals surface area contributed by atoms with E-state index >= 15 is 0 Å². The molecule has 8 nitrogen and oxygen atoms in total. The minimum absolute atomic E-state index is 0.273. The van der Waals surface area contributed by atoms with E-state index in [0.717, 1.165) is 22.0 Å². The zero-order valence-electron chi connectivity index (χ0n) is 14.6. The Morgan fingerprint density at radius 3 is 2.89 bits per heavy atom. The predicted octanol–water partition coefficient (Wildman–Crippen LogP) is 2.66. The van der Waals surface area contributed by atoms with E-state index in [4.69, 9.17) is 16.4 Å². The highest BCUT2D eigenvalue weighted by Gasteiger charge is 2.08. The number of anilines is 1. The Kier molecular flexibility index (Phi) is 5.46. The number of halogens is 1. The van der Waals surface area contributed by atoms with E-state index in [9.17, 15) is 9.59 Å². The van der Waals surface area contributed by atoms with Gasteiger partial charge in [0.1, 0.15) is 11.7 Å². The highest BCUT2D eigenvalue weighted by atomic mass is 35.5. The third-order valence-corrected chi connectivity index (χ3v) is 4.03. The molecule has 0 fully saturated rings. The van der Waals surface area contributed by atoms with Crippen molar-refractivity contribution in [2.75, 3.05) is 5.32 Å². The molecule has 0 aliphatic heterocycles. The maximum absolute atomic E-state index is 12.2. The van der Waals surface area contributed by atoms with Crippen molar-refractivity contribution in [2.45, 2.75) is 20.6 Å². The first-order valence-electron chi connectivity index (χ1n) is 8.01. The van der Waals surface area contributed by atoms with Crippen LogP contribution in [0.2, 0.25) is 5.02 Å². The van der Waals surface area contributed by atoms with E-state index < -0.39 is 5.91 Å². The number of nitrogens with one attached hydrogen (secondary N) is 1. The molecule has 1 aromatic heterocycles. The number of aryl methyl sites for hydroxylation is 2. The molecule has 3 aromatic rings. The van der Waals surface area contributed by atoms with Crippen molar-refractivity contribution < 1.29 is 9.63 Å². The molecule has 3 rings (SSSR count). The third-order valence-electron chi connectivity index (χ3n) is 3.73. The number of oxime groups is 1. The molecular formula is C18H16ClN5O3. The van der Waals surface area contributed by atoms with E-state index in [1.807, 2.05) is 19.9 Å². The SMILES string of the molecule is Cc1cc(C)c(NC(=O)/C=N\OCn2nnc3ccccc3c2=O)c(Cl)c1. The number of hydrogen-bond acceptors (Lipinski definition) is 6. The maximum atomic E-state index is 12.2. The molecule has 0 aliphatic rings. The first kappa shape index (κ1) is 18.5. The highest BCUT2D eigenvalue weighted by Crippen LogP contribution is 2.27. The summed E-state index contributed by atoms with van der Waals surface area (Å²) in [5.41, 5.74) is 2.47. The van der Waals surface area contributed by atoms with Crippen LogP contribution in [0.25, 0.3) is 10.9 Å². The van der Waals surface area contributed by atoms with Crippen molar-refractivity contribution in [3.05, 3.63) is 62.9 Å². The quantitative estimate of drug-likeness (QED) is 0.537. The van der Waals surface area contributed by atoms with Crippen LogP contribution >= 0.6 is 11.6 Å². The molecule has 0 saturated heterocycles. The van der Waals surface area contributed by atoms with Crippen LogP contribution in [0.15, 0.2) is 46.3 Å². The molecule has 9 heteroatoms. The van der Waals surface area contributed by atoms with Crippen LogP contribution in [0.5, 0.6) is 0 Å². The molecule has 0 radical (unpaired) electrons. The Bertz CT molecular complexity index is 1070. The van der Waals surface area contributed by atoms with Crippen LogP contribution in [0.3, 0.4) is 0 Å². The molecule has 0 bridgehead atoms. The van der Waals surface area contributed by atoms with Crippen molar-refractivity contribution in [1.29, 1.82) is 0 Å². The van der Waals surface area contributed by atoms with Crippen LogP contribution < -0.4 is 10.9 Å². The first-order chi connectivity index (χ1) is 13.0. The van der Waals surface area contributed by atoms with Gasteiger partial charge in [0, 0.05) is 0 Å². The lowest BCUT2D eigenvalue weighted by Gasteiger charge is -2.09. The number of fused-ring (bicyclic) bond motifs is 1. The van der Waals surface area contributed by atoms with Crippen LogP contribution in [0.1, 0.15) is 11.1 Å².